The van der Waals surface area contributed by atoms with Gasteiger partial charge in [0.2, 0.25) is 0 Å². The Labute approximate surface area is 108 Å². The first kappa shape index (κ1) is 11.7. The number of carbonyl (C=O) groups is 1. The largest absolute Gasteiger partial charge is 0.304 e. The molecule has 1 aliphatic carbocycles. The number of fused-ring (bicyclic) bond motifs is 1. The first-order valence-corrected chi connectivity index (χ1v) is 6.98. The summed E-state index contributed by atoms with van der Waals surface area (Å²) in [5, 5.41) is 2.32. The molecule has 0 aromatic heterocycles. The molecular formula is C15H20N2O. The van der Waals surface area contributed by atoms with E-state index in [-0.39, 0.29) is 0 Å². The Morgan fingerprint density at radius 3 is 2.83 bits per heavy atom. The van der Waals surface area contributed by atoms with Gasteiger partial charge in [-0.25, -0.2) is 5.43 Å². The van der Waals surface area contributed by atoms with E-state index in [4.69, 9.17) is 0 Å². The number of anilines is 1. The van der Waals surface area contributed by atoms with Crippen LogP contribution in [0.2, 0.25) is 0 Å². The topological polar surface area (TPSA) is 32.3 Å². The third kappa shape index (κ3) is 1.83. The summed E-state index contributed by atoms with van der Waals surface area (Å²) in [4.78, 5) is 10.9. The van der Waals surface area contributed by atoms with Crippen LogP contribution in [0.15, 0.2) is 18.2 Å². The van der Waals surface area contributed by atoms with Crippen molar-refractivity contribution >= 4 is 12.0 Å². The second-order valence-electron chi connectivity index (χ2n) is 5.33. The Bertz CT molecular complexity index is 452. The zero-order chi connectivity index (χ0) is 12.5. The number of aldehydes is 1. The van der Waals surface area contributed by atoms with E-state index in [1.54, 1.807) is 0 Å². The van der Waals surface area contributed by atoms with E-state index in [9.17, 15) is 4.79 Å². The highest BCUT2D eigenvalue weighted by molar-refractivity contribution is 5.78. The van der Waals surface area contributed by atoms with Gasteiger partial charge in [0, 0.05) is 11.6 Å². The van der Waals surface area contributed by atoms with Gasteiger partial charge in [0.05, 0.1) is 11.7 Å². The van der Waals surface area contributed by atoms with Crippen LogP contribution >= 0.6 is 0 Å². The maximum atomic E-state index is 10.9. The predicted molar refractivity (Wildman–Crippen MR) is 72.7 cm³/mol. The van der Waals surface area contributed by atoms with E-state index >= 15 is 0 Å². The number of benzene rings is 1. The van der Waals surface area contributed by atoms with Crippen molar-refractivity contribution in [1.29, 1.82) is 0 Å². The third-order valence-corrected chi connectivity index (χ3v) is 4.22. The van der Waals surface area contributed by atoms with E-state index in [0.29, 0.717) is 12.1 Å². The number of hydrazine groups is 1. The molecule has 96 valence electrons. The van der Waals surface area contributed by atoms with Crippen LogP contribution in [0.3, 0.4) is 0 Å². The van der Waals surface area contributed by atoms with Crippen LogP contribution in [-0.2, 0) is 0 Å². The fourth-order valence-electron chi connectivity index (χ4n) is 3.22. The molecule has 1 unspecified atom stereocenters. The SMILES string of the molecule is CCC1NN(C2CCCC2)c2cc(C=O)ccc21. The Balaban J connectivity index is 1.97. The molecule has 3 nitrogen and oxygen atoms in total. The maximum Gasteiger partial charge on any atom is 0.150 e. The Morgan fingerprint density at radius 2 is 2.17 bits per heavy atom. The van der Waals surface area contributed by atoms with Crippen molar-refractivity contribution in [1.82, 2.24) is 5.43 Å². The lowest BCUT2D eigenvalue weighted by Gasteiger charge is -2.27. The second kappa shape index (κ2) is 4.73. The molecule has 1 aromatic carbocycles. The normalized spacial score (nSPS) is 23.4. The van der Waals surface area contributed by atoms with Gasteiger partial charge in [-0.3, -0.25) is 4.79 Å². The van der Waals surface area contributed by atoms with Crippen molar-refractivity contribution < 1.29 is 4.79 Å². The lowest BCUT2D eigenvalue weighted by molar-refractivity contribution is 0.112. The fraction of sp³-hybridized carbons (Fsp3) is 0.533. The summed E-state index contributed by atoms with van der Waals surface area (Å²) in [6.07, 6.45) is 7.18. The van der Waals surface area contributed by atoms with Crippen molar-refractivity contribution in [2.75, 3.05) is 5.01 Å². The van der Waals surface area contributed by atoms with Crippen LogP contribution in [0.25, 0.3) is 0 Å². The minimum atomic E-state index is 0.404. The summed E-state index contributed by atoms with van der Waals surface area (Å²) in [5.74, 6) is 0. The molecule has 3 rings (SSSR count). The molecule has 1 fully saturated rings. The van der Waals surface area contributed by atoms with Crippen molar-refractivity contribution in [2.45, 2.75) is 51.1 Å². The second-order valence-corrected chi connectivity index (χ2v) is 5.33. The summed E-state index contributed by atoms with van der Waals surface area (Å²) in [6.45, 7) is 2.20. The quantitative estimate of drug-likeness (QED) is 0.829. The molecule has 0 radical (unpaired) electrons. The third-order valence-electron chi connectivity index (χ3n) is 4.22. The first-order valence-electron chi connectivity index (χ1n) is 6.98. The standard InChI is InChI=1S/C15H20N2O/c1-2-14-13-8-7-11(10-18)9-15(13)17(16-14)12-5-3-4-6-12/h7-10,12,14,16H,2-6H2,1H3. The molecule has 1 aromatic rings. The van der Waals surface area contributed by atoms with Gasteiger partial charge in [-0.15, -0.1) is 0 Å². The minimum Gasteiger partial charge on any atom is -0.304 e. The van der Waals surface area contributed by atoms with Gasteiger partial charge in [-0.05, 0) is 30.9 Å². The fourth-order valence-corrected chi connectivity index (χ4v) is 3.22. The van der Waals surface area contributed by atoms with Crippen LogP contribution < -0.4 is 10.4 Å². The van der Waals surface area contributed by atoms with Crippen LogP contribution in [0.4, 0.5) is 5.69 Å². The Morgan fingerprint density at radius 1 is 1.39 bits per heavy atom. The average Bonchev–Trinajstić information content (AvgIpc) is 3.04. The number of nitrogens with one attached hydrogen (secondary N) is 1. The van der Waals surface area contributed by atoms with Crippen molar-refractivity contribution in [3.63, 3.8) is 0 Å². The van der Waals surface area contributed by atoms with Crippen LogP contribution in [0.1, 0.15) is 61.0 Å². The summed E-state index contributed by atoms with van der Waals surface area (Å²) in [5.41, 5.74) is 6.95. The van der Waals surface area contributed by atoms with E-state index in [2.05, 4.69) is 23.4 Å². The van der Waals surface area contributed by atoms with Crippen LogP contribution in [0.5, 0.6) is 0 Å². The average molecular weight is 244 g/mol. The molecule has 0 bridgehead atoms. The van der Waals surface area contributed by atoms with E-state index in [0.717, 1.165) is 18.3 Å². The highest BCUT2D eigenvalue weighted by Crippen LogP contribution is 2.39. The number of carbonyl (C=O) groups excluding carboxylic acids is 1. The summed E-state index contributed by atoms with van der Waals surface area (Å²) < 4.78 is 0. The van der Waals surface area contributed by atoms with Gasteiger partial charge in [0.15, 0.2) is 0 Å². The smallest absolute Gasteiger partial charge is 0.150 e. The maximum absolute atomic E-state index is 10.9. The van der Waals surface area contributed by atoms with Crippen molar-refractivity contribution in [2.24, 2.45) is 0 Å². The van der Waals surface area contributed by atoms with Crippen molar-refractivity contribution in [3.8, 4) is 0 Å². The molecule has 0 spiro atoms. The van der Waals surface area contributed by atoms with E-state index < -0.39 is 0 Å². The van der Waals surface area contributed by atoms with Crippen LogP contribution in [0, 0.1) is 0 Å². The van der Waals surface area contributed by atoms with Gasteiger partial charge in [0.25, 0.3) is 0 Å². The molecule has 1 N–H and O–H groups in total. The molecule has 1 atom stereocenters. The summed E-state index contributed by atoms with van der Waals surface area (Å²) in [7, 11) is 0. The van der Waals surface area contributed by atoms with Gasteiger partial charge < -0.3 is 5.01 Å². The zero-order valence-corrected chi connectivity index (χ0v) is 10.9. The highest BCUT2D eigenvalue weighted by Gasteiger charge is 2.33. The number of hydrogen-bond acceptors (Lipinski definition) is 3. The van der Waals surface area contributed by atoms with Gasteiger partial charge >= 0.3 is 0 Å². The molecule has 18 heavy (non-hydrogen) atoms. The number of nitrogens with zero attached hydrogens (tertiary/aromatic N) is 1. The van der Waals surface area contributed by atoms with Gasteiger partial charge in [0.1, 0.15) is 6.29 Å². The van der Waals surface area contributed by atoms with Crippen molar-refractivity contribution in [3.05, 3.63) is 29.3 Å². The number of hydrogen-bond donors (Lipinski definition) is 1. The Hall–Kier alpha value is -1.35. The Kier molecular flexibility index (Phi) is 3.08. The van der Waals surface area contributed by atoms with Gasteiger partial charge in [-0.1, -0.05) is 31.9 Å². The van der Waals surface area contributed by atoms with E-state index in [1.165, 1.54) is 36.9 Å². The molecule has 0 amide bonds. The minimum absolute atomic E-state index is 0.404. The molecule has 1 saturated carbocycles. The zero-order valence-electron chi connectivity index (χ0n) is 10.9. The molecular weight excluding hydrogens is 224 g/mol. The lowest BCUT2D eigenvalue weighted by Crippen LogP contribution is -2.41. The van der Waals surface area contributed by atoms with E-state index in [1.807, 2.05) is 12.1 Å². The van der Waals surface area contributed by atoms with Crippen LogP contribution in [-0.4, -0.2) is 12.3 Å². The molecule has 0 saturated heterocycles. The van der Waals surface area contributed by atoms with Gasteiger partial charge in [-0.2, -0.15) is 0 Å². The molecule has 1 aliphatic heterocycles. The summed E-state index contributed by atoms with van der Waals surface area (Å²) >= 11 is 0. The lowest BCUT2D eigenvalue weighted by atomic mass is 10.0. The predicted octanol–water partition coefficient (Wildman–Crippen LogP) is 3.22. The molecule has 1 heterocycles. The monoisotopic (exact) mass is 244 g/mol. The summed E-state index contributed by atoms with van der Waals surface area (Å²) in [6, 6.07) is 7.07. The molecule has 3 heteroatoms. The number of rotatable bonds is 3. The first-order chi connectivity index (χ1) is 8.83. The highest BCUT2D eigenvalue weighted by atomic mass is 16.1. The molecule has 2 aliphatic rings.